The highest BCUT2D eigenvalue weighted by atomic mass is 16.7. The van der Waals surface area contributed by atoms with Crippen molar-refractivity contribution in [2.75, 3.05) is 32.3 Å². The molecule has 0 spiro atoms. The molecule has 0 bridgehead atoms. The van der Waals surface area contributed by atoms with Crippen molar-refractivity contribution >= 4 is 11.6 Å². The number of fused-ring (bicyclic) bond motifs is 1. The molecular weight excluding hydrogens is 304 g/mol. The number of ether oxygens (including phenoxy) is 2. The van der Waals surface area contributed by atoms with Crippen molar-refractivity contribution in [2.24, 2.45) is 0 Å². The molecule has 1 amide bonds. The SMILES string of the molecule is CN(C)c1ccc(C(=O)NCCCc2ccc3c(c2)OCO3)cc1. The monoisotopic (exact) mass is 326 g/mol. The lowest BCUT2D eigenvalue weighted by Gasteiger charge is -2.12. The summed E-state index contributed by atoms with van der Waals surface area (Å²) in [5.74, 6) is 1.57. The topological polar surface area (TPSA) is 50.8 Å². The average molecular weight is 326 g/mol. The van der Waals surface area contributed by atoms with Gasteiger partial charge in [0.15, 0.2) is 11.5 Å². The Hall–Kier alpha value is -2.69. The van der Waals surface area contributed by atoms with Gasteiger partial charge in [-0.25, -0.2) is 0 Å². The van der Waals surface area contributed by atoms with E-state index in [1.807, 2.05) is 61.5 Å². The van der Waals surface area contributed by atoms with Crippen molar-refractivity contribution < 1.29 is 14.3 Å². The van der Waals surface area contributed by atoms with E-state index in [0.717, 1.165) is 30.0 Å². The Balaban J connectivity index is 1.45. The Morgan fingerprint density at radius 2 is 1.83 bits per heavy atom. The number of nitrogens with zero attached hydrogens (tertiary/aromatic N) is 1. The normalized spacial score (nSPS) is 12.1. The van der Waals surface area contributed by atoms with Crippen LogP contribution in [0.2, 0.25) is 0 Å². The first-order valence-corrected chi connectivity index (χ1v) is 8.07. The summed E-state index contributed by atoms with van der Waals surface area (Å²) in [5.41, 5.74) is 2.95. The van der Waals surface area contributed by atoms with Crippen molar-refractivity contribution in [2.45, 2.75) is 12.8 Å². The summed E-state index contributed by atoms with van der Waals surface area (Å²) < 4.78 is 10.7. The molecule has 2 aromatic carbocycles. The van der Waals surface area contributed by atoms with Gasteiger partial charge in [-0.05, 0) is 54.8 Å². The van der Waals surface area contributed by atoms with Crippen LogP contribution in [0, 0.1) is 0 Å². The number of nitrogens with one attached hydrogen (secondary N) is 1. The van der Waals surface area contributed by atoms with Crippen molar-refractivity contribution in [3.05, 3.63) is 53.6 Å². The summed E-state index contributed by atoms with van der Waals surface area (Å²) in [5, 5.41) is 2.96. The highest BCUT2D eigenvalue weighted by molar-refractivity contribution is 5.94. The fraction of sp³-hybridized carbons (Fsp3) is 0.316. The number of carbonyl (C=O) groups excluding carboxylic acids is 1. The van der Waals surface area contributed by atoms with Crippen LogP contribution in [0.1, 0.15) is 22.3 Å². The van der Waals surface area contributed by atoms with Crippen molar-refractivity contribution in [3.8, 4) is 11.5 Å². The van der Waals surface area contributed by atoms with Crippen molar-refractivity contribution in [1.29, 1.82) is 0 Å². The zero-order valence-corrected chi connectivity index (χ0v) is 14.0. The number of aryl methyl sites for hydroxylation is 1. The minimum atomic E-state index is -0.0361. The first kappa shape index (κ1) is 16.2. The van der Waals surface area contributed by atoms with Gasteiger partial charge in [0.2, 0.25) is 6.79 Å². The van der Waals surface area contributed by atoms with Crippen molar-refractivity contribution in [1.82, 2.24) is 5.32 Å². The van der Waals surface area contributed by atoms with E-state index in [0.29, 0.717) is 18.9 Å². The number of amides is 1. The number of benzene rings is 2. The summed E-state index contributed by atoms with van der Waals surface area (Å²) in [6, 6.07) is 13.6. The fourth-order valence-electron chi connectivity index (χ4n) is 2.60. The summed E-state index contributed by atoms with van der Waals surface area (Å²) in [6.45, 7) is 0.935. The van der Waals surface area contributed by atoms with Gasteiger partial charge in [-0.1, -0.05) is 6.07 Å². The van der Waals surface area contributed by atoms with E-state index in [-0.39, 0.29) is 5.91 Å². The number of hydrogen-bond donors (Lipinski definition) is 1. The molecule has 0 fully saturated rings. The number of rotatable bonds is 6. The van der Waals surface area contributed by atoms with Gasteiger partial charge in [0, 0.05) is 31.9 Å². The molecule has 0 unspecified atom stereocenters. The smallest absolute Gasteiger partial charge is 0.251 e. The van der Waals surface area contributed by atoms with Crippen LogP contribution in [0.4, 0.5) is 5.69 Å². The second-order valence-electron chi connectivity index (χ2n) is 5.99. The quantitative estimate of drug-likeness (QED) is 0.830. The molecule has 0 saturated carbocycles. The molecule has 126 valence electrons. The lowest BCUT2D eigenvalue weighted by molar-refractivity contribution is 0.0953. The van der Waals surface area contributed by atoms with Crippen LogP contribution in [-0.4, -0.2) is 33.3 Å². The van der Waals surface area contributed by atoms with Crippen LogP contribution in [-0.2, 0) is 6.42 Å². The molecule has 2 aromatic rings. The lowest BCUT2D eigenvalue weighted by Crippen LogP contribution is -2.24. The maximum Gasteiger partial charge on any atom is 0.251 e. The van der Waals surface area contributed by atoms with E-state index in [2.05, 4.69) is 5.32 Å². The molecule has 5 heteroatoms. The fourth-order valence-corrected chi connectivity index (χ4v) is 2.60. The van der Waals surface area contributed by atoms with Crippen LogP contribution in [0.15, 0.2) is 42.5 Å². The highest BCUT2D eigenvalue weighted by Crippen LogP contribution is 2.32. The third kappa shape index (κ3) is 3.79. The minimum absolute atomic E-state index is 0.0361. The van der Waals surface area contributed by atoms with Crippen LogP contribution in [0.3, 0.4) is 0 Å². The maximum absolute atomic E-state index is 12.1. The zero-order valence-electron chi connectivity index (χ0n) is 14.0. The summed E-state index contributed by atoms with van der Waals surface area (Å²) in [7, 11) is 3.95. The Bertz CT molecular complexity index is 711. The first-order chi connectivity index (χ1) is 11.6. The Morgan fingerprint density at radius 3 is 2.58 bits per heavy atom. The van der Waals surface area contributed by atoms with Gasteiger partial charge in [0.05, 0.1) is 0 Å². The number of anilines is 1. The van der Waals surface area contributed by atoms with Crippen molar-refractivity contribution in [3.63, 3.8) is 0 Å². The van der Waals surface area contributed by atoms with Gasteiger partial charge >= 0.3 is 0 Å². The van der Waals surface area contributed by atoms with Gasteiger partial charge < -0.3 is 19.7 Å². The predicted octanol–water partition coefficient (Wildman–Crippen LogP) is 2.84. The molecule has 0 aromatic heterocycles. The average Bonchev–Trinajstić information content (AvgIpc) is 3.06. The van der Waals surface area contributed by atoms with E-state index >= 15 is 0 Å². The molecule has 1 aliphatic rings. The molecule has 3 rings (SSSR count). The second kappa shape index (κ2) is 7.25. The number of carbonyl (C=O) groups is 1. The third-order valence-corrected chi connectivity index (χ3v) is 4.01. The Kier molecular flexibility index (Phi) is 4.89. The van der Waals surface area contributed by atoms with Gasteiger partial charge in [-0.3, -0.25) is 4.79 Å². The molecule has 0 saturated heterocycles. The van der Waals surface area contributed by atoms with E-state index in [9.17, 15) is 4.79 Å². The molecule has 24 heavy (non-hydrogen) atoms. The summed E-state index contributed by atoms with van der Waals surface area (Å²) in [4.78, 5) is 14.1. The molecule has 1 aliphatic heterocycles. The minimum Gasteiger partial charge on any atom is -0.454 e. The van der Waals surface area contributed by atoms with Crippen LogP contribution in [0.25, 0.3) is 0 Å². The second-order valence-corrected chi connectivity index (χ2v) is 5.99. The maximum atomic E-state index is 12.1. The lowest BCUT2D eigenvalue weighted by atomic mass is 10.1. The van der Waals surface area contributed by atoms with Gasteiger partial charge in [0.25, 0.3) is 5.91 Å². The van der Waals surface area contributed by atoms with Crippen LogP contribution in [0.5, 0.6) is 11.5 Å². The molecule has 1 heterocycles. The van der Waals surface area contributed by atoms with Gasteiger partial charge in [-0.15, -0.1) is 0 Å². The van der Waals surface area contributed by atoms with E-state index in [1.165, 1.54) is 5.56 Å². The van der Waals surface area contributed by atoms with E-state index in [4.69, 9.17) is 9.47 Å². The third-order valence-electron chi connectivity index (χ3n) is 4.01. The molecule has 0 aliphatic carbocycles. The van der Waals surface area contributed by atoms with Crippen LogP contribution < -0.4 is 19.7 Å². The molecule has 1 N–H and O–H groups in total. The first-order valence-electron chi connectivity index (χ1n) is 8.07. The van der Waals surface area contributed by atoms with E-state index in [1.54, 1.807) is 0 Å². The highest BCUT2D eigenvalue weighted by Gasteiger charge is 2.13. The largest absolute Gasteiger partial charge is 0.454 e. The predicted molar refractivity (Wildman–Crippen MR) is 94.0 cm³/mol. The Morgan fingerprint density at radius 1 is 1.08 bits per heavy atom. The molecule has 0 atom stereocenters. The van der Waals surface area contributed by atoms with Gasteiger partial charge in [0.1, 0.15) is 0 Å². The molecule has 5 nitrogen and oxygen atoms in total. The summed E-state index contributed by atoms with van der Waals surface area (Å²) >= 11 is 0. The van der Waals surface area contributed by atoms with E-state index < -0.39 is 0 Å². The van der Waals surface area contributed by atoms with Crippen LogP contribution >= 0.6 is 0 Å². The summed E-state index contributed by atoms with van der Waals surface area (Å²) in [6.07, 6.45) is 1.76. The van der Waals surface area contributed by atoms with Gasteiger partial charge in [-0.2, -0.15) is 0 Å². The zero-order chi connectivity index (χ0) is 16.9. The molecular formula is C19H22N2O3. The Labute approximate surface area is 142 Å². The number of hydrogen-bond acceptors (Lipinski definition) is 4. The molecule has 0 radical (unpaired) electrons. The standard InChI is InChI=1S/C19H22N2O3/c1-21(2)16-8-6-15(7-9-16)19(22)20-11-3-4-14-5-10-17-18(12-14)24-13-23-17/h5-10,12H,3-4,11,13H2,1-2H3,(H,20,22).